The lowest BCUT2D eigenvalue weighted by atomic mass is 10.0. The molecule has 9 heteroatoms. The summed E-state index contributed by atoms with van der Waals surface area (Å²) in [6, 6.07) is 8.42. The van der Waals surface area contributed by atoms with Gasteiger partial charge in [0.2, 0.25) is 0 Å². The van der Waals surface area contributed by atoms with Crippen molar-refractivity contribution in [2.75, 3.05) is 0 Å². The van der Waals surface area contributed by atoms with Crippen molar-refractivity contribution in [1.29, 1.82) is 0 Å². The Morgan fingerprint density at radius 3 is 2.24 bits per heavy atom. The molecule has 0 aliphatic carbocycles. The van der Waals surface area contributed by atoms with E-state index in [0.29, 0.717) is 17.1 Å². The highest BCUT2D eigenvalue weighted by atomic mass is 32.1. The van der Waals surface area contributed by atoms with Crippen LogP contribution in [0.25, 0.3) is 11.0 Å². The van der Waals surface area contributed by atoms with Gasteiger partial charge in [-0.2, -0.15) is 26.3 Å². The molecule has 3 rings (SSSR count). The summed E-state index contributed by atoms with van der Waals surface area (Å²) in [5.41, 5.74) is -1.75. The van der Waals surface area contributed by atoms with Crippen molar-refractivity contribution in [3.63, 3.8) is 0 Å². The van der Waals surface area contributed by atoms with E-state index in [1.165, 1.54) is 4.57 Å². The lowest BCUT2D eigenvalue weighted by Crippen LogP contribution is -2.15. The third-order valence-electron chi connectivity index (χ3n) is 3.75. The van der Waals surface area contributed by atoms with E-state index in [2.05, 4.69) is 4.98 Å². The van der Waals surface area contributed by atoms with Crippen LogP contribution in [0.3, 0.4) is 0 Å². The fourth-order valence-electron chi connectivity index (χ4n) is 2.59. The zero-order chi connectivity index (χ0) is 18.4. The van der Waals surface area contributed by atoms with Crippen LogP contribution in [0.4, 0.5) is 26.3 Å². The van der Waals surface area contributed by atoms with Gasteiger partial charge >= 0.3 is 12.4 Å². The van der Waals surface area contributed by atoms with E-state index in [9.17, 15) is 26.3 Å². The highest BCUT2D eigenvalue weighted by Crippen LogP contribution is 2.37. The maximum absolute atomic E-state index is 13.2. The molecule has 2 aromatic carbocycles. The van der Waals surface area contributed by atoms with E-state index in [1.807, 2.05) is 0 Å². The third kappa shape index (κ3) is 3.41. The number of alkyl halides is 6. The Balaban J connectivity index is 2.14. The normalized spacial score (nSPS) is 12.7. The van der Waals surface area contributed by atoms with E-state index in [4.69, 9.17) is 12.2 Å². The molecule has 0 spiro atoms. The van der Waals surface area contributed by atoms with Crippen molar-refractivity contribution in [3.05, 3.63) is 63.9 Å². The van der Waals surface area contributed by atoms with Gasteiger partial charge in [-0.15, -0.1) is 0 Å². The first-order valence-electron chi connectivity index (χ1n) is 7.02. The molecule has 0 amide bonds. The Bertz CT molecular complexity index is 981. The summed E-state index contributed by atoms with van der Waals surface area (Å²) in [4.78, 5) is 2.86. The molecule has 2 nitrogen and oxygen atoms in total. The summed E-state index contributed by atoms with van der Waals surface area (Å²) in [7, 11) is 0. The van der Waals surface area contributed by atoms with Crippen LogP contribution in [0.1, 0.15) is 16.7 Å². The van der Waals surface area contributed by atoms with Crippen molar-refractivity contribution in [2.45, 2.75) is 18.9 Å². The van der Waals surface area contributed by atoms with E-state index in [-0.39, 0.29) is 22.9 Å². The molecule has 0 bridgehead atoms. The molecule has 0 aliphatic rings. The summed E-state index contributed by atoms with van der Waals surface area (Å²) < 4.78 is 79.6. The molecular weight excluding hydrogens is 366 g/mol. The van der Waals surface area contributed by atoms with Gasteiger partial charge in [-0.3, -0.25) is 0 Å². The predicted molar refractivity (Wildman–Crippen MR) is 82.7 cm³/mol. The number of halogens is 6. The van der Waals surface area contributed by atoms with Gasteiger partial charge in [-0.05, 0) is 42.0 Å². The van der Waals surface area contributed by atoms with Crippen molar-refractivity contribution in [3.8, 4) is 0 Å². The van der Waals surface area contributed by atoms with Gasteiger partial charge in [0.25, 0.3) is 0 Å². The number of aromatic nitrogens is 2. The fraction of sp³-hybridized carbons (Fsp3) is 0.188. The molecule has 25 heavy (non-hydrogen) atoms. The third-order valence-corrected chi connectivity index (χ3v) is 4.08. The SMILES string of the molecule is FC(F)(F)c1ccc(Cn2c(=S)[nH]c3ccccc32)c(C(F)(F)F)c1. The monoisotopic (exact) mass is 376 g/mol. The van der Waals surface area contributed by atoms with Gasteiger partial charge in [0, 0.05) is 0 Å². The molecule has 1 heterocycles. The van der Waals surface area contributed by atoms with Crippen LogP contribution in [-0.2, 0) is 18.9 Å². The molecule has 0 aliphatic heterocycles. The summed E-state index contributed by atoms with van der Waals surface area (Å²) >= 11 is 5.12. The number of nitrogens with one attached hydrogen (secondary N) is 1. The topological polar surface area (TPSA) is 20.7 Å². The van der Waals surface area contributed by atoms with Crippen molar-refractivity contribution in [1.82, 2.24) is 9.55 Å². The van der Waals surface area contributed by atoms with Gasteiger partial charge in [-0.25, -0.2) is 0 Å². The predicted octanol–water partition coefficient (Wildman–Crippen LogP) is 5.78. The molecule has 1 N–H and O–H groups in total. The number of fused-ring (bicyclic) bond motifs is 1. The average Bonchev–Trinajstić information content (AvgIpc) is 2.81. The lowest BCUT2D eigenvalue weighted by molar-refractivity contribution is -0.143. The van der Waals surface area contributed by atoms with E-state index < -0.39 is 23.5 Å². The molecule has 0 saturated heterocycles. The van der Waals surface area contributed by atoms with Crippen LogP contribution in [0.15, 0.2) is 42.5 Å². The smallest absolute Gasteiger partial charge is 0.331 e. The second-order valence-electron chi connectivity index (χ2n) is 5.40. The van der Waals surface area contributed by atoms with Crippen molar-refractivity contribution < 1.29 is 26.3 Å². The van der Waals surface area contributed by atoms with Gasteiger partial charge in [0.1, 0.15) is 0 Å². The number of H-pyrrole nitrogens is 1. The van der Waals surface area contributed by atoms with Crippen LogP contribution < -0.4 is 0 Å². The Hall–Kier alpha value is -2.29. The van der Waals surface area contributed by atoms with Gasteiger partial charge in [-0.1, -0.05) is 18.2 Å². The first kappa shape index (κ1) is 17.5. The standard InChI is InChI=1S/C16H10F6N2S/c17-15(18,19)10-6-5-9(11(7-10)16(20,21)22)8-24-13-4-2-1-3-12(13)23-14(24)25/h1-7H,8H2,(H,23,25). The first-order chi connectivity index (χ1) is 11.6. The molecule has 0 atom stereocenters. The van der Waals surface area contributed by atoms with Gasteiger partial charge < -0.3 is 9.55 Å². The Morgan fingerprint density at radius 2 is 1.60 bits per heavy atom. The average molecular weight is 376 g/mol. The van der Waals surface area contributed by atoms with Gasteiger partial charge in [0.05, 0.1) is 28.7 Å². The molecule has 0 saturated carbocycles. The zero-order valence-electron chi connectivity index (χ0n) is 12.4. The van der Waals surface area contributed by atoms with Crippen LogP contribution in [0.5, 0.6) is 0 Å². The number of nitrogens with zero attached hydrogens (tertiary/aromatic N) is 1. The van der Waals surface area contributed by atoms with Crippen molar-refractivity contribution in [2.24, 2.45) is 0 Å². The second-order valence-corrected chi connectivity index (χ2v) is 5.79. The minimum Gasteiger partial charge on any atom is -0.331 e. The van der Waals surface area contributed by atoms with Crippen LogP contribution in [0, 0.1) is 4.77 Å². The Kier molecular flexibility index (Phi) is 4.14. The summed E-state index contributed by atoms with van der Waals surface area (Å²) in [6.07, 6.45) is -9.76. The molecule has 0 unspecified atom stereocenters. The Morgan fingerprint density at radius 1 is 0.920 bits per heavy atom. The first-order valence-corrected chi connectivity index (χ1v) is 7.43. The molecule has 0 fully saturated rings. The fourth-order valence-corrected chi connectivity index (χ4v) is 2.86. The van der Waals surface area contributed by atoms with E-state index in [1.54, 1.807) is 24.3 Å². The number of hydrogen-bond acceptors (Lipinski definition) is 1. The van der Waals surface area contributed by atoms with Crippen LogP contribution in [-0.4, -0.2) is 9.55 Å². The molecule has 3 aromatic rings. The molecule has 132 valence electrons. The van der Waals surface area contributed by atoms with E-state index >= 15 is 0 Å². The van der Waals surface area contributed by atoms with Crippen LogP contribution in [0.2, 0.25) is 0 Å². The summed E-state index contributed by atoms with van der Waals surface area (Å²) in [5, 5.41) is 0. The molecular formula is C16H10F6N2S. The van der Waals surface area contributed by atoms with Crippen molar-refractivity contribution >= 4 is 23.3 Å². The quantitative estimate of drug-likeness (QED) is 0.444. The second kappa shape index (κ2) is 5.91. The number of imidazole rings is 1. The number of benzene rings is 2. The Labute approximate surface area is 142 Å². The highest BCUT2D eigenvalue weighted by Gasteiger charge is 2.38. The summed E-state index contributed by atoms with van der Waals surface area (Å²) in [6.45, 7) is -0.296. The largest absolute Gasteiger partial charge is 0.416 e. The highest BCUT2D eigenvalue weighted by molar-refractivity contribution is 7.71. The van der Waals surface area contributed by atoms with E-state index in [0.717, 1.165) is 6.07 Å². The molecule has 1 aromatic heterocycles. The number of aromatic amines is 1. The number of rotatable bonds is 2. The minimum atomic E-state index is -4.91. The summed E-state index contributed by atoms with van der Waals surface area (Å²) in [5.74, 6) is 0. The van der Waals surface area contributed by atoms with Gasteiger partial charge in [0.15, 0.2) is 4.77 Å². The lowest BCUT2D eigenvalue weighted by Gasteiger charge is -2.16. The number of hydrogen-bond donors (Lipinski definition) is 1. The van der Waals surface area contributed by atoms with Crippen LogP contribution >= 0.6 is 12.2 Å². The number of para-hydroxylation sites is 2. The zero-order valence-corrected chi connectivity index (χ0v) is 13.2. The molecule has 0 radical (unpaired) electrons. The maximum Gasteiger partial charge on any atom is 0.416 e. The minimum absolute atomic E-state index is 0.133. The maximum atomic E-state index is 13.2.